The molecule has 52 heavy (non-hydrogen) atoms. The van der Waals surface area contributed by atoms with Crippen LogP contribution in [0.1, 0.15) is 83.2 Å². The van der Waals surface area contributed by atoms with Crippen molar-refractivity contribution in [1.82, 2.24) is 14.6 Å². The lowest BCUT2D eigenvalue weighted by Gasteiger charge is -2.32. The number of rotatable bonds is 19. The fourth-order valence-corrected chi connectivity index (χ4v) is 6.07. The number of ether oxygens (including phenoxy) is 4. The Balaban J connectivity index is 1.92. The number of hydrogen-bond acceptors (Lipinski definition) is 8. The third-order valence-electron chi connectivity index (χ3n) is 8.54. The number of unbranched alkanes of at least 4 members (excludes halogenated alkanes) is 1. The van der Waals surface area contributed by atoms with Crippen LogP contribution < -0.4 is 9.64 Å². The van der Waals surface area contributed by atoms with Gasteiger partial charge < -0.3 is 23.8 Å². The molecule has 0 bridgehead atoms. The first-order valence-electron chi connectivity index (χ1n) is 18.1. The van der Waals surface area contributed by atoms with Crippen molar-refractivity contribution in [2.45, 2.75) is 92.0 Å². The summed E-state index contributed by atoms with van der Waals surface area (Å²) in [5.41, 5.74) is 4.60. The summed E-state index contributed by atoms with van der Waals surface area (Å²) in [4.78, 5) is 20.7. The van der Waals surface area contributed by atoms with Crippen molar-refractivity contribution in [1.29, 1.82) is 0 Å². The first kappa shape index (κ1) is 40.2. The Kier molecular flexibility index (Phi) is 14.1. The number of anilines is 1. The van der Waals surface area contributed by atoms with E-state index < -0.39 is 17.7 Å². The van der Waals surface area contributed by atoms with Gasteiger partial charge in [-0.25, -0.2) is 14.2 Å². The van der Waals surface area contributed by atoms with Gasteiger partial charge in [-0.05, 0) is 83.7 Å². The summed E-state index contributed by atoms with van der Waals surface area (Å²) in [6.07, 6.45) is 5.64. The monoisotopic (exact) mass is 714 g/mol. The Morgan fingerprint density at radius 1 is 1.06 bits per heavy atom. The summed E-state index contributed by atoms with van der Waals surface area (Å²) in [5, 5.41) is 5.14. The molecule has 2 atom stereocenters. The van der Waals surface area contributed by atoms with Gasteiger partial charge in [0.05, 0.1) is 36.7 Å². The van der Waals surface area contributed by atoms with Crippen LogP contribution >= 0.6 is 0 Å². The van der Waals surface area contributed by atoms with E-state index in [1.54, 1.807) is 19.1 Å². The van der Waals surface area contributed by atoms with Crippen LogP contribution in [0.25, 0.3) is 28.0 Å². The molecule has 0 amide bonds. The molecule has 0 fully saturated rings. The van der Waals surface area contributed by atoms with E-state index in [2.05, 4.69) is 25.0 Å². The van der Waals surface area contributed by atoms with Crippen LogP contribution in [0.3, 0.4) is 0 Å². The number of hydrogen-bond donors (Lipinski definition) is 0. The van der Waals surface area contributed by atoms with Crippen molar-refractivity contribution < 1.29 is 28.1 Å². The van der Waals surface area contributed by atoms with E-state index in [1.807, 2.05) is 75.5 Å². The average molecular weight is 715 g/mol. The van der Waals surface area contributed by atoms with Crippen LogP contribution in [0.2, 0.25) is 0 Å². The van der Waals surface area contributed by atoms with Crippen LogP contribution in [0.5, 0.6) is 5.75 Å². The number of aryl methyl sites for hydroxylation is 2. The lowest BCUT2D eigenvalue weighted by atomic mass is 9.99. The van der Waals surface area contributed by atoms with Gasteiger partial charge in [-0.1, -0.05) is 43.7 Å². The van der Waals surface area contributed by atoms with Crippen molar-refractivity contribution in [2.75, 3.05) is 38.3 Å². The number of methoxy groups -OCH3 is 1. The molecule has 0 aliphatic carbocycles. The Morgan fingerprint density at radius 2 is 1.79 bits per heavy atom. The highest BCUT2D eigenvalue weighted by molar-refractivity contribution is 5.81. The SMILES string of the molecule is C=CCOCCCN(CCCC)c1c(C(OC(C)(C)C)C(=O)OC)c(C)nc2cc(-c3cccc(-c4cc(F)c(C)cc4OC(C)CC=C)c3)nn12. The summed E-state index contributed by atoms with van der Waals surface area (Å²) >= 11 is 0. The molecular weight excluding hydrogens is 659 g/mol. The molecule has 0 saturated heterocycles. The van der Waals surface area contributed by atoms with E-state index in [0.717, 1.165) is 30.4 Å². The zero-order valence-electron chi connectivity index (χ0n) is 32.1. The minimum Gasteiger partial charge on any atom is -0.490 e. The third kappa shape index (κ3) is 10.1. The molecule has 4 aromatic rings. The number of carbonyl (C=O) groups excluding carboxylic acids is 1. The average Bonchev–Trinajstić information content (AvgIpc) is 3.52. The van der Waals surface area contributed by atoms with Crippen LogP contribution in [0.4, 0.5) is 10.2 Å². The molecular formula is C42H55FN4O5. The summed E-state index contributed by atoms with van der Waals surface area (Å²) in [6, 6.07) is 13.0. The Labute approximate surface area is 308 Å². The lowest BCUT2D eigenvalue weighted by Crippen LogP contribution is -2.34. The third-order valence-corrected chi connectivity index (χ3v) is 8.54. The van der Waals surface area contributed by atoms with Gasteiger partial charge in [0, 0.05) is 49.0 Å². The number of esters is 1. The minimum absolute atomic E-state index is 0.134. The van der Waals surface area contributed by atoms with Gasteiger partial charge in [0.2, 0.25) is 0 Å². The fourth-order valence-electron chi connectivity index (χ4n) is 6.07. The molecule has 10 heteroatoms. The van der Waals surface area contributed by atoms with Gasteiger partial charge in [-0.15, -0.1) is 13.2 Å². The minimum atomic E-state index is -1.05. The lowest BCUT2D eigenvalue weighted by molar-refractivity contribution is -0.164. The van der Waals surface area contributed by atoms with Gasteiger partial charge in [-0.3, -0.25) is 0 Å². The largest absolute Gasteiger partial charge is 0.490 e. The molecule has 2 heterocycles. The van der Waals surface area contributed by atoms with Crippen molar-refractivity contribution in [3.8, 4) is 28.1 Å². The molecule has 0 N–H and O–H groups in total. The van der Waals surface area contributed by atoms with Crippen molar-refractivity contribution in [3.63, 3.8) is 0 Å². The normalized spacial score (nSPS) is 12.8. The standard InChI is InChI=1S/C42H55FN4O5/c1-11-14-20-46(21-16-23-50-22-13-3)40-38(39(41(48)49-10)52-42(7,8)9)30(6)44-37-27-35(45-47(37)40)32-19-15-18-31(25-32)33-26-34(43)28(4)24-36(33)51-29(5)17-12-2/h12-13,15,18-19,24-27,29,39H,2-3,11,14,16-17,20-23H2,1,4-10H3. The molecule has 0 aliphatic heterocycles. The summed E-state index contributed by atoms with van der Waals surface area (Å²) in [6.45, 7) is 23.4. The molecule has 2 unspecified atom stereocenters. The summed E-state index contributed by atoms with van der Waals surface area (Å²) in [5.74, 6) is 0.486. The van der Waals surface area contributed by atoms with Crippen molar-refractivity contribution in [2.24, 2.45) is 0 Å². The fraction of sp³-hybridized carbons (Fsp3) is 0.452. The summed E-state index contributed by atoms with van der Waals surface area (Å²) < 4.78 is 40.6. The van der Waals surface area contributed by atoms with E-state index in [0.29, 0.717) is 78.0 Å². The molecule has 2 aromatic carbocycles. The number of aromatic nitrogens is 3. The summed E-state index contributed by atoms with van der Waals surface area (Å²) in [7, 11) is 1.36. The van der Waals surface area contributed by atoms with Crippen LogP contribution in [-0.4, -0.2) is 65.7 Å². The second-order valence-corrected chi connectivity index (χ2v) is 14.1. The van der Waals surface area contributed by atoms with Gasteiger partial charge >= 0.3 is 5.97 Å². The first-order valence-corrected chi connectivity index (χ1v) is 18.1. The van der Waals surface area contributed by atoms with E-state index in [9.17, 15) is 4.79 Å². The Morgan fingerprint density at radius 3 is 2.46 bits per heavy atom. The molecule has 0 aliphatic rings. The van der Waals surface area contributed by atoms with E-state index in [1.165, 1.54) is 13.2 Å². The first-order chi connectivity index (χ1) is 24.8. The highest BCUT2D eigenvalue weighted by Gasteiger charge is 2.35. The van der Waals surface area contributed by atoms with Gasteiger partial charge in [-0.2, -0.15) is 9.61 Å². The van der Waals surface area contributed by atoms with Crippen molar-refractivity contribution in [3.05, 3.63) is 90.4 Å². The van der Waals surface area contributed by atoms with Gasteiger partial charge in [0.15, 0.2) is 11.8 Å². The topological polar surface area (TPSA) is 87.4 Å². The maximum atomic E-state index is 15.0. The zero-order chi connectivity index (χ0) is 38.0. The Hall–Kier alpha value is -4.54. The predicted octanol–water partition coefficient (Wildman–Crippen LogP) is 9.39. The number of benzene rings is 2. The predicted molar refractivity (Wildman–Crippen MR) is 207 cm³/mol. The van der Waals surface area contributed by atoms with Gasteiger partial charge in [0.25, 0.3) is 0 Å². The second-order valence-electron chi connectivity index (χ2n) is 14.1. The molecule has 0 spiro atoms. The van der Waals surface area contributed by atoms with Crippen molar-refractivity contribution >= 4 is 17.4 Å². The van der Waals surface area contributed by atoms with Crippen LogP contribution in [0.15, 0.2) is 67.8 Å². The molecule has 2 aromatic heterocycles. The smallest absolute Gasteiger partial charge is 0.339 e. The molecule has 4 rings (SSSR count). The number of carbonyl (C=O) groups is 1. The van der Waals surface area contributed by atoms with Crippen LogP contribution in [-0.2, 0) is 19.0 Å². The molecule has 280 valence electrons. The number of halogens is 1. The number of fused-ring (bicyclic) bond motifs is 1. The Bertz CT molecular complexity index is 1850. The van der Waals surface area contributed by atoms with Crippen LogP contribution in [0, 0.1) is 19.7 Å². The highest BCUT2D eigenvalue weighted by Crippen LogP contribution is 2.38. The van der Waals surface area contributed by atoms with E-state index in [-0.39, 0.29) is 11.9 Å². The number of nitrogens with zero attached hydrogens (tertiary/aromatic N) is 4. The maximum absolute atomic E-state index is 15.0. The van der Waals surface area contributed by atoms with E-state index >= 15 is 4.39 Å². The molecule has 0 radical (unpaired) electrons. The molecule has 0 saturated carbocycles. The highest BCUT2D eigenvalue weighted by atomic mass is 19.1. The second kappa shape index (κ2) is 18.3. The van der Waals surface area contributed by atoms with Gasteiger partial charge in [0.1, 0.15) is 17.4 Å². The maximum Gasteiger partial charge on any atom is 0.339 e. The van der Waals surface area contributed by atoms with E-state index in [4.69, 9.17) is 29.0 Å². The quantitative estimate of drug-likeness (QED) is 0.0540. The molecule has 9 nitrogen and oxygen atoms in total. The zero-order valence-corrected chi connectivity index (χ0v) is 32.1.